The van der Waals surface area contributed by atoms with E-state index in [4.69, 9.17) is 11.6 Å². The molecule has 0 atom stereocenters. The minimum atomic E-state index is -3.65. The highest BCUT2D eigenvalue weighted by molar-refractivity contribution is 7.90. The Morgan fingerprint density at radius 3 is 2.53 bits per heavy atom. The van der Waals surface area contributed by atoms with Gasteiger partial charge >= 0.3 is 0 Å². The van der Waals surface area contributed by atoms with E-state index in [9.17, 15) is 22.0 Å². The van der Waals surface area contributed by atoms with Gasteiger partial charge in [0.25, 0.3) is 12.3 Å². The van der Waals surface area contributed by atoms with Gasteiger partial charge in [0.2, 0.25) is 0 Å². The first-order chi connectivity index (χ1) is 16.1. The Kier molecular flexibility index (Phi) is 6.58. The standard InChI is InChI=1S/C24H18ClF2N3O3S/c1-34(32,33)21-7-3-2-6-20(21)30(24(31)17-5-4-10-28-13-17)14-15-8-9-16-12-18(23(26)27)22(25)29-19(16)11-15/h2-13,23H,14H2,1H3. The quantitative estimate of drug-likeness (QED) is 0.327. The fraction of sp³-hybridized carbons (Fsp3) is 0.125. The van der Waals surface area contributed by atoms with Gasteiger partial charge in [-0.25, -0.2) is 22.2 Å². The summed E-state index contributed by atoms with van der Waals surface area (Å²) in [6.45, 7) is -0.00784. The van der Waals surface area contributed by atoms with E-state index in [1.807, 2.05) is 0 Å². The molecule has 6 nitrogen and oxygen atoms in total. The van der Waals surface area contributed by atoms with Crippen molar-refractivity contribution < 1.29 is 22.0 Å². The molecule has 2 aromatic heterocycles. The van der Waals surface area contributed by atoms with Crippen LogP contribution < -0.4 is 4.90 Å². The number of para-hydroxylation sites is 1. The van der Waals surface area contributed by atoms with Crippen molar-refractivity contribution in [2.75, 3.05) is 11.2 Å². The Balaban J connectivity index is 1.82. The van der Waals surface area contributed by atoms with Crippen LogP contribution in [0, 0.1) is 0 Å². The maximum Gasteiger partial charge on any atom is 0.266 e. The molecule has 0 N–H and O–H groups in total. The summed E-state index contributed by atoms with van der Waals surface area (Å²) in [5.74, 6) is -0.455. The zero-order valence-corrected chi connectivity index (χ0v) is 19.4. The minimum absolute atomic E-state index is 0.00391. The van der Waals surface area contributed by atoms with Crippen molar-refractivity contribution in [1.82, 2.24) is 9.97 Å². The van der Waals surface area contributed by atoms with Gasteiger partial charge in [-0.3, -0.25) is 9.78 Å². The zero-order valence-electron chi connectivity index (χ0n) is 17.8. The van der Waals surface area contributed by atoms with Crippen molar-refractivity contribution in [3.05, 3.63) is 94.9 Å². The summed E-state index contributed by atoms with van der Waals surface area (Å²) in [5.41, 5.74) is 1.09. The average Bonchev–Trinajstić information content (AvgIpc) is 2.81. The second kappa shape index (κ2) is 9.44. The lowest BCUT2D eigenvalue weighted by atomic mass is 10.1. The number of anilines is 1. The van der Waals surface area contributed by atoms with E-state index in [1.165, 1.54) is 29.4 Å². The Hall–Kier alpha value is -3.43. The maximum atomic E-state index is 13.4. The first-order valence-electron chi connectivity index (χ1n) is 10.0. The van der Waals surface area contributed by atoms with Crippen LogP contribution in [0.5, 0.6) is 0 Å². The minimum Gasteiger partial charge on any atom is -0.303 e. The van der Waals surface area contributed by atoms with E-state index >= 15 is 0 Å². The normalized spacial score (nSPS) is 11.7. The molecule has 174 valence electrons. The van der Waals surface area contributed by atoms with Crippen LogP contribution in [-0.2, 0) is 16.4 Å². The van der Waals surface area contributed by atoms with Gasteiger partial charge in [0.1, 0.15) is 5.15 Å². The van der Waals surface area contributed by atoms with E-state index in [1.54, 1.807) is 48.5 Å². The summed E-state index contributed by atoms with van der Waals surface area (Å²) in [6.07, 6.45) is 1.23. The number of sulfone groups is 1. The molecule has 10 heteroatoms. The highest BCUT2D eigenvalue weighted by atomic mass is 35.5. The van der Waals surface area contributed by atoms with Gasteiger partial charge in [-0.2, -0.15) is 0 Å². The highest BCUT2D eigenvalue weighted by Crippen LogP contribution is 2.31. The van der Waals surface area contributed by atoms with Crippen molar-refractivity contribution in [2.24, 2.45) is 0 Å². The van der Waals surface area contributed by atoms with Gasteiger partial charge in [0, 0.05) is 24.0 Å². The number of pyridine rings is 2. The molecule has 0 spiro atoms. The summed E-state index contributed by atoms with van der Waals surface area (Å²) >= 11 is 5.92. The molecule has 0 fully saturated rings. The van der Waals surface area contributed by atoms with Crippen LogP contribution >= 0.6 is 11.6 Å². The number of amides is 1. The van der Waals surface area contributed by atoms with Crippen LogP contribution in [0.1, 0.15) is 27.9 Å². The molecule has 2 heterocycles. The Bertz CT molecular complexity index is 1480. The Morgan fingerprint density at radius 2 is 1.85 bits per heavy atom. The summed E-state index contributed by atoms with van der Waals surface area (Å²) in [5, 5.41) is 0.162. The van der Waals surface area contributed by atoms with Crippen LogP contribution in [0.15, 0.2) is 78.0 Å². The largest absolute Gasteiger partial charge is 0.303 e. The number of halogens is 3. The lowest BCUT2D eigenvalue weighted by Gasteiger charge is -2.25. The summed E-state index contributed by atoms with van der Waals surface area (Å²) in [7, 11) is -3.65. The van der Waals surface area contributed by atoms with Gasteiger partial charge in [-0.15, -0.1) is 0 Å². The molecule has 0 saturated carbocycles. The molecular formula is C24H18ClF2N3O3S. The molecule has 0 aliphatic heterocycles. The number of hydrogen-bond acceptors (Lipinski definition) is 5. The lowest BCUT2D eigenvalue weighted by molar-refractivity contribution is 0.0984. The second-order valence-electron chi connectivity index (χ2n) is 7.57. The number of aromatic nitrogens is 2. The van der Waals surface area contributed by atoms with Crippen LogP contribution in [0.4, 0.5) is 14.5 Å². The van der Waals surface area contributed by atoms with E-state index in [0.717, 1.165) is 6.26 Å². The zero-order chi connectivity index (χ0) is 24.5. The third-order valence-electron chi connectivity index (χ3n) is 5.15. The molecule has 0 unspecified atom stereocenters. The molecule has 34 heavy (non-hydrogen) atoms. The van der Waals surface area contributed by atoms with Gasteiger partial charge in [0.15, 0.2) is 9.84 Å². The van der Waals surface area contributed by atoms with E-state index in [0.29, 0.717) is 16.5 Å². The number of fused-ring (bicyclic) bond motifs is 1. The van der Waals surface area contributed by atoms with Gasteiger partial charge in [-0.1, -0.05) is 35.9 Å². The predicted molar refractivity (Wildman–Crippen MR) is 126 cm³/mol. The monoisotopic (exact) mass is 501 g/mol. The first kappa shape index (κ1) is 23.7. The summed E-state index contributed by atoms with van der Waals surface area (Å²) in [6, 6.07) is 15.6. The molecule has 1 amide bonds. The van der Waals surface area contributed by atoms with Crippen LogP contribution in [-0.4, -0.2) is 30.5 Å². The second-order valence-corrected chi connectivity index (χ2v) is 9.91. The number of carbonyl (C=O) groups is 1. The fourth-order valence-electron chi connectivity index (χ4n) is 3.54. The number of benzene rings is 2. The Labute approximate surface area is 199 Å². The smallest absolute Gasteiger partial charge is 0.266 e. The van der Waals surface area contributed by atoms with Crippen molar-refractivity contribution >= 4 is 43.9 Å². The third-order valence-corrected chi connectivity index (χ3v) is 6.59. The summed E-state index contributed by atoms with van der Waals surface area (Å²) < 4.78 is 51.2. The Morgan fingerprint density at radius 1 is 1.09 bits per heavy atom. The first-order valence-corrected chi connectivity index (χ1v) is 12.3. The van der Waals surface area contributed by atoms with Gasteiger partial charge in [-0.05, 0) is 42.0 Å². The summed E-state index contributed by atoms with van der Waals surface area (Å²) in [4.78, 5) is 22.8. The molecule has 0 aliphatic carbocycles. The molecule has 0 saturated heterocycles. The molecule has 2 aromatic carbocycles. The van der Waals surface area contributed by atoms with Crippen LogP contribution in [0.2, 0.25) is 5.15 Å². The van der Waals surface area contributed by atoms with E-state index < -0.39 is 22.2 Å². The predicted octanol–water partition coefficient (Wildman–Crippen LogP) is 5.47. The van der Waals surface area contributed by atoms with Crippen molar-refractivity contribution in [3.63, 3.8) is 0 Å². The van der Waals surface area contributed by atoms with Gasteiger partial charge in [0.05, 0.1) is 33.8 Å². The average molecular weight is 502 g/mol. The molecule has 0 bridgehead atoms. The number of rotatable bonds is 6. The molecule has 0 radical (unpaired) electrons. The topological polar surface area (TPSA) is 80.2 Å². The maximum absolute atomic E-state index is 13.4. The molecule has 0 aliphatic rings. The van der Waals surface area contributed by atoms with Crippen LogP contribution in [0.3, 0.4) is 0 Å². The van der Waals surface area contributed by atoms with Crippen molar-refractivity contribution in [3.8, 4) is 0 Å². The SMILES string of the molecule is CS(=O)(=O)c1ccccc1N(Cc1ccc2cc(C(F)F)c(Cl)nc2c1)C(=O)c1cccnc1. The molecular weight excluding hydrogens is 484 g/mol. The van der Waals surface area contributed by atoms with Gasteiger partial charge < -0.3 is 4.90 Å². The highest BCUT2D eigenvalue weighted by Gasteiger charge is 2.24. The molecule has 4 rings (SSSR count). The van der Waals surface area contributed by atoms with E-state index in [-0.39, 0.29) is 33.4 Å². The van der Waals surface area contributed by atoms with E-state index in [2.05, 4.69) is 9.97 Å². The fourth-order valence-corrected chi connectivity index (χ4v) is 4.66. The number of carbonyl (C=O) groups excluding carboxylic acids is 1. The van der Waals surface area contributed by atoms with Crippen molar-refractivity contribution in [2.45, 2.75) is 17.9 Å². The number of alkyl halides is 2. The molecule has 4 aromatic rings. The number of hydrogen-bond donors (Lipinski definition) is 0. The van der Waals surface area contributed by atoms with Crippen LogP contribution in [0.25, 0.3) is 10.9 Å². The van der Waals surface area contributed by atoms with Crippen molar-refractivity contribution in [1.29, 1.82) is 0 Å². The lowest BCUT2D eigenvalue weighted by Crippen LogP contribution is -2.31. The third kappa shape index (κ3) is 4.90. The number of nitrogens with zero attached hydrogens (tertiary/aromatic N) is 3.